The Hall–Kier alpha value is -3.20. The maximum atomic E-state index is 13.7. The zero-order chi connectivity index (χ0) is 25.7. The van der Waals surface area contributed by atoms with Crippen LogP contribution in [0.1, 0.15) is 5.82 Å². The van der Waals surface area contributed by atoms with Crippen LogP contribution in [-0.2, 0) is 28.3 Å². The molecule has 0 spiro atoms. The Labute approximate surface area is 221 Å². The highest BCUT2D eigenvalue weighted by Gasteiger charge is 2.41. The van der Waals surface area contributed by atoms with Crippen molar-refractivity contribution in [2.75, 3.05) is 25.0 Å². The number of amides is 1. The van der Waals surface area contributed by atoms with Crippen LogP contribution in [0.5, 0.6) is 0 Å². The predicted octanol–water partition coefficient (Wildman–Crippen LogP) is 1.15. The summed E-state index contributed by atoms with van der Waals surface area (Å²) >= 11 is 7.52. The van der Waals surface area contributed by atoms with Gasteiger partial charge in [0.2, 0.25) is 0 Å². The van der Waals surface area contributed by atoms with Crippen LogP contribution >= 0.6 is 23.4 Å². The summed E-state index contributed by atoms with van der Waals surface area (Å²) in [5, 5.41) is 18.2. The van der Waals surface area contributed by atoms with Crippen molar-refractivity contribution < 1.29 is 17.8 Å². The number of benzene rings is 1. The molecule has 2 aliphatic heterocycles. The number of nitrogens with one attached hydrogen (secondary N) is 3. The quantitative estimate of drug-likeness (QED) is 0.308. The number of aromatic amines is 2. The van der Waals surface area contributed by atoms with E-state index in [-0.39, 0.29) is 37.0 Å². The Kier molecular flexibility index (Phi) is 6.06. The highest BCUT2D eigenvalue weighted by atomic mass is 35.5. The standard InChI is InChI=1S/C22H22ClN9O3S2/c1-30-5-4-17-18(12-30)36-21(25-17)22(33)32-7-6-31(11-15(32)10-19-26-28-29-27-19)37(34,35)20-9-13-8-14(23)2-3-16(13)24-20/h2-5,8-9,12,15,21,24H,6-7,10-11H2,1H3,(H,26,27,28,29)/p+1. The number of carbonyl (C=O) groups excluding carboxylic acids is 1. The lowest BCUT2D eigenvalue weighted by Crippen LogP contribution is -2.59. The van der Waals surface area contributed by atoms with Crippen LogP contribution < -0.4 is 9.88 Å². The van der Waals surface area contributed by atoms with Crippen molar-refractivity contribution >= 4 is 55.9 Å². The third kappa shape index (κ3) is 4.54. The van der Waals surface area contributed by atoms with E-state index >= 15 is 0 Å². The highest BCUT2D eigenvalue weighted by Crippen LogP contribution is 2.38. The van der Waals surface area contributed by atoms with Gasteiger partial charge in [-0.15, -0.1) is 10.2 Å². The average Bonchev–Trinajstić information content (AvgIpc) is 3.63. The minimum Gasteiger partial charge on any atom is -0.364 e. The Bertz CT molecular complexity index is 1590. The third-order valence-corrected chi connectivity index (χ3v) is 9.69. The first-order valence-electron chi connectivity index (χ1n) is 11.5. The molecule has 1 saturated heterocycles. The van der Waals surface area contributed by atoms with Gasteiger partial charge in [-0.3, -0.25) is 4.79 Å². The van der Waals surface area contributed by atoms with Gasteiger partial charge in [0.15, 0.2) is 23.6 Å². The zero-order valence-electron chi connectivity index (χ0n) is 19.6. The number of carbonyl (C=O) groups is 1. The zero-order valence-corrected chi connectivity index (χ0v) is 22.0. The molecule has 1 fully saturated rings. The highest BCUT2D eigenvalue weighted by molar-refractivity contribution is 8.01. The van der Waals surface area contributed by atoms with E-state index < -0.39 is 21.4 Å². The van der Waals surface area contributed by atoms with Crippen molar-refractivity contribution in [1.82, 2.24) is 34.8 Å². The molecule has 37 heavy (non-hydrogen) atoms. The van der Waals surface area contributed by atoms with E-state index in [0.29, 0.717) is 21.7 Å². The molecule has 0 radical (unpaired) electrons. The van der Waals surface area contributed by atoms with Crippen LogP contribution in [0.15, 0.2) is 52.6 Å². The van der Waals surface area contributed by atoms with Gasteiger partial charge < -0.3 is 15.2 Å². The predicted molar refractivity (Wildman–Crippen MR) is 136 cm³/mol. The SMILES string of the molecule is C[n+]1ccc2c(c1)SC(C(=O)N1CCN(S(=O)(=O)c3cc4cc(Cl)ccc4[nH]3)CC1Cc1nn[nH]n1)N2. The van der Waals surface area contributed by atoms with Gasteiger partial charge in [-0.2, -0.15) is 9.52 Å². The lowest BCUT2D eigenvalue weighted by atomic mass is 10.1. The summed E-state index contributed by atoms with van der Waals surface area (Å²) in [6.45, 7) is 0.486. The van der Waals surface area contributed by atoms with E-state index in [1.54, 1.807) is 29.2 Å². The first-order chi connectivity index (χ1) is 17.8. The number of anilines is 1. The average molecular weight is 561 g/mol. The number of aryl methyl sites for hydroxylation is 1. The number of hydrogen-bond donors (Lipinski definition) is 3. The molecule has 5 heterocycles. The Morgan fingerprint density at radius 3 is 2.95 bits per heavy atom. The first-order valence-corrected chi connectivity index (χ1v) is 14.2. The van der Waals surface area contributed by atoms with Crippen LogP contribution in [0.25, 0.3) is 10.9 Å². The Balaban J connectivity index is 1.25. The number of aromatic nitrogens is 6. The van der Waals surface area contributed by atoms with E-state index in [1.165, 1.54) is 16.1 Å². The third-order valence-electron chi connectivity index (χ3n) is 6.53. The maximum Gasteiger partial charge on any atom is 0.258 e. The van der Waals surface area contributed by atoms with Gasteiger partial charge >= 0.3 is 0 Å². The molecule has 2 aliphatic rings. The number of halogens is 1. The van der Waals surface area contributed by atoms with Crippen molar-refractivity contribution in [3.63, 3.8) is 0 Å². The number of nitrogens with zero attached hydrogens (tertiary/aromatic N) is 6. The molecule has 0 bridgehead atoms. The van der Waals surface area contributed by atoms with Gasteiger partial charge in [0, 0.05) is 48.0 Å². The number of hydrogen-bond acceptors (Lipinski definition) is 8. The van der Waals surface area contributed by atoms with Crippen LogP contribution in [-0.4, -0.2) is 80.2 Å². The number of piperazine rings is 1. The van der Waals surface area contributed by atoms with Gasteiger partial charge in [0.1, 0.15) is 12.1 Å². The number of thioether (sulfide) groups is 1. The summed E-state index contributed by atoms with van der Waals surface area (Å²) in [4.78, 5) is 19.4. The summed E-state index contributed by atoms with van der Waals surface area (Å²) in [6.07, 6.45) is 4.14. The summed E-state index contributed by atoms with van der Waals surface area (Å²) < 4.78 is 30.5. The summed E-state index contributed by atoms with van der Waals surface area (Å²) in [7, 11) is -1.93. The Morgan fingerprint density at radius 2 is 2.14 bits per heavy atom. The molecule has 15 heteroatoms. The molecule has 0 aliphatic carbocycles. The molecule has 2 unspecified atom stereocenters. The monoisotopic (exact) mass is 560 g/mol. The van der Waals surface area contributed by atoms with Gasteiger partial charge in [-0.05, 0) is 24.3 Å². The number of pyridine rings is 1. The fourth-order valence-corrected chi connectivity index (χ4v) is 7.51. The van der Waals surface area contributed by atoms with E-state index in [0.717, 1.165) is 10.6 Å². The number of sulfonamides is 1. The van der Waals surface area contributed by atoms with E-state index in [2.05, 4.69) is 30.9 Å². The molecular weight excluding hydrogens is 538 g/mol. The molecule has 1 aromatic carbocycles. The van der Waals surface area contributed by atoms with Crippen LogP contribution in [0.2, 0.25) is 5.02 Å². The van der Waals surface area contributed by atoms with E-state index in [4.69, 9.17) is 11.6 Å². The second-order valence-corrected chi connectivity index (χ2v) is 12.5. The number of rotatable bonds is 5. The first kappa shape index (κ1) is 24.2. The molecule has 12 nitrogen and oxygen atoms in total. The van der Waals surface area contributed by atoms with Crippen molar-refractivity contribution in [3.8, 4) is 0 Å². The summed E-state index contributed by atoms with van der Waals surface area (Å²) in [6, 6.07) is 8.20. The maximum absolute atomic E-state index is 13.7. The van der Waals surface area contributed by atoms with Crippen molar-refractivity contribution in [2.24, 2.45) is 7.05 Å². The van der Waals surface area contributed by atoms with E-state index in [9.17, 15) is 13.2 Å². The number of H-pyrrole nitrogens is 2. The smallest absolute Gasteiger partial charge is 0.258 e. The van der Waals surface area contributed by atoms with Crippen LogP contribution in [0, 0.1) is 0 Å². The summed E-state index contributed by atoms with van der Waals surface area (Å²) in [5.41, 5.74) is 1.58. The second kappa shape index (κ2) is 9.28. The lowest BCUT2D eigenvalue weighted by molar-refractivity contribution is -0.673. The molecule has 1 amide bonds. The molecule has 192 valence electrons. The molecular formula is C22H23ClN9O3S2+. The lowest BCUT2D eigenvalue weighted by Gasteiger charge is -2.41. The number of tetrazole rings is 1. The van der Waals surface area contributed by atoms with Gasteiger partial charge in [0.05, 0.1) is 16.6 Å². The largest absolute Gasteiger partial charge is 0.364 e. The van der Waals surface area contributed by atoms with E-state index in [1.807, 2.05) is 30.1 Å². The van der Waals surface area contributed by atoms with Crippen LogP contribution in [0.3, 0.4) is 0 Å². The molecule has 3 aromatic heterocycles. The number of fused-ring (bicyclic) bond motifs is 2. The second-order valence-electron chi connectivity index (χ2n) is 8.98. The Morgan fingerprint density at radius 1 is 1.27 bits per heavy atom. The van der Waals surface area contributed by atoms with Gasteiger partial charge in [-0.25, -0.2) is 13.0 Å². The van der Waals surface area contributed by atoms with Crippen molar-refractivity contribution in [1.29, 1.82) is 0 Å². The molecule has 0 saturated carbocycles. The van der Waals surface area contributed by atoms with Crippen molar-refractivity contribution in [2.45, 2.75) is 27.8 Å². The minimum absolute atomic E-state index is 0.0826. The van der Waals surface area contributed by atoms with Gasteiger partial charge in [0.25, 0.3) is 15.9 Å². The van der Waals surface area contributed by atoms with Crippen LogP contribution in [0.4, 0.5) is 5.69 Å². The molecule has 6 rings (SSSR count). The molecule has 4 aromatic rings. The fourth-order valence-electron chi connectivity index (χ4n) is 4.69. The minimum atomic E-state index is -3.86. The molecule has 2 atom stereocenters. The van der Waals surface area contributed by atoms with Gasteiger partial charge in [-0.1, -0.05) is 28.6 Å². The topological polar surface area (TPSA) is 144 Å². The fraction of sp³-hybridized carbons (Fsp3) is 0.318. The normalized spacial score (nSPS) is 20.2. The van der Waals surface area contributed by atoms with Crippen molar-refractivity contribution in [3.05, 3.63) is 53.6 Å². The summed E-state index contributed by atoms with van der Waals surface area (Å²) in [5.74, 6) is 0.291. The molecule has 3 N–H and O–H groups in total.